The number of anilines is 1. The summed E-state index contributed by atoms with van der Waals surface area (Å²) in [6, 6.07) is 12.3. The second kappa shape index (κ2) is 6.17. The summed E-state index contributed by atoms with van der Waals surface area (Å²) in [6.07, 6.45) is 0. The smallest absolute Gasteiger partial charge is 0.123 e. The summed E-state index contributed by atoms with van der Waals surface area (Å²) < 4.78 is 13.7. The van der Waals surface area contributed by atoms with Crippen LogP contribution in [0.1, 0.15) is 11.1 Å². The lowest BCUT2D eigenvalue weighted by atomic mass is 10.1. The summed E-state index contributed by atoms with van der Waals surface area (Å²) in [6.45, 7) is 0.716. The second-order valence-electron chi connectivity index (χ2n) is 4.42. The highest BCUT2D eigenvalue weighted by molar-refractivity contribution is 9.10. The fourth-order valence-electron chi connectivity index (χ4n) is 1.86. The van der Waals surface area contributed by atoms with Gasteiger partial charge in [-0.05, 0) is 35.4 Å². The Labute approximate surface area is 120 Å². The largest absolute Gasteiger partial charge is 0.392 e. The molecule has 4 heteroatoms. The molecular formula is C15H15BrFNO. The van der Waals surface area contributed by atoms with E-state index in [1.165, 1.54) is 12.1 Å². The Morgan fingerprint density at radius 1 is 1.16 bits per heavy atom. The van der Waals surface area contributed by atoms with Gasteiger partial charge in [-0.3, -0.25) is 0 Å². The van der Waals surface area contributed by atoms with Gasteiger partial charge in [-0.15, -0.1) is 0 Å². The van der Waals surface area contributed by atoms with Crippen LogP contribution in [0.25, 0.3) is 0 Å². The molecule has 2 aromatic rings. The minimum Gasteiger partial charge on any atom is -0.392 e. The molecule has 0 radical (unpaired) electrons. The lowest BCUT2D eigenvalue weighted by molar-refractivity contribution is 0.281. The maximum Gasteiger partial charge on any atom is 0.123 e. The number of aliphatic hydroxyl groups excluding tert-OH is 1. The van der Waals surface area contributed by atoms with Crippen LogP contribution in [0.4, 0.5) is 10.1 Å². The van der Waals surface area contributed by atoms with E-state index in [0.29, 0.717) is 6.54 Å². The van der Waals surface area contributed by atoms with Crippen LogP contribution in [0, 0.1) is 5.82 Å². The molecule has 0 fully saturated rings. The van der Waals surface area contributed by atoms with E-state index in [2.05, 4.69) is 20.8 Å². The van der Waals surface area contributed by atoms with Crippen LogP contribution in [0.15, 0.2) is 46.9 Å². The number of nitrogens with zero attached hydrogens (tertiary/aromatic N) is 1. The maximum atomic E-state index is 12.8. The van der Waals surface area contributed by atoms with Gasteiger partial charge in [-0.1, -0.05) is 34.1 Å². The molecule has 0 saturated carbocycles. The van der Waals surface area contributed by atoms with E-state index in [9.17, 15) is 4.39 Å². The van der Waals surface area contributed by atoms with Gasteiger partial charge in [0, 0.05) is 23.8 Å². The van der Waals surface area contributed by atoms with Gasteiger partial charge in [0.1, 0.15) is 5.82 Å². The van der Waals surface area contributed by atoms with Crippen molar-refractivity contribution in [3.05, 3.63) is 63.9 Å². The first kappa shape index (κ1) is 14.0. The van der Waals surface area contributed by atoms with Crippen LogP contribution in [-0.4, -0.2) is 12.2 Å². The molecule has 0 saturated heterocycles. The molecule has 0 aromatic heterocycles. The Hall–Kier alpha value is -1.39. The Kier molecular flexibility index (Phi) is 4.56. The predicted molar refractivity (Wildman–Crippen MR) is 78.6 cm³/mol. The zero-order valence-electron chi connectivity index (χ0n) is 10.6. The third-order valence-electron chi connectivity index (χ3n) is 2.98. The van der Waals surface area contributed by atoms with Crippen LogP contribution < -0.4 is 4.90 Å². The van der Waals surface area contributed by atoms with Crippen molar-refractivity contribution in [3.63, 3.8) is 0 Å². The highest BCUT2D eigenvalue weighted by Gasteiger charge is 2.05. The Bertz CT molecular complexity index is 557. The average Bonchev–Trinajstić information content (AvgIpc) is 2.41. The molecule has 2 rings (SSSR count). The van der Waals surface area contributed by atoms with Crippen molar-refractivity contribution < 1.29 is 9.50 Å². The van der Waals surface area contributed by atoms with Crippen molar-refractivity contribution in [3.8, 4) is 0 Å². The third-order valence-corrected chi connectivity index (χ3v) is 3.72. The van der Waals surface area contributed by atoms with Gasteiger partial charge in [0.05, 0.1) is 6.61 Å². The number of aliphatic hydroxyl groups is 1. The predicted octanol–water partition coefficient (Wildman–Crippen LogP) is 3.72. The summed E-state index contributed by atoms with van der Waals surface area (Å²) >= 11 is 3.43. The van der Waals surface area contributed by atoms with E-state index in [4.69, 9.17) is 5.11 Å². The number of hydrogen-bond acceptors (Lipinski definition) is 2. The van der Waals surface area contributed by atoms with Crippen molar-refractivity contribution in [2.45, 2.75) is 13.2 Å². The third kappa shape index (κ3) is 3.55. The van der Waals surface area contributed by atoms with Gasteiger partial charge in [-0.25, -0.2) is 4.39 Å². The fraction of sp³-hybridized carbons (Fsp3) is 0.200. The highest BCUT2D eigenvalue weighted by atomic mass is 79.9. The molecule has 0 spiro atoms. The van der Waals surface area contributed by atoms with Crippen LogP contribution in [0.2, 0.25) is 0 Å². The van der Waals surface area contributed by atoms with Crippen LogP contribution in [0.3, 0.4) is 0 Å². The molecular weight excluding hydrogens is 309 g/mol. The normalized spacial score (nSPS) is 10.5. The lowest BCUT2D eigenvalue weighted by Gasteiger charge is -2.20. The molecule has 1 N–H and O–H groups in total. The van der Waals surface area contributed by atoms with E-state index in [1.54, 1.807) is 12.1 Å². The van der Waals surface area contributed by atoms with Crippen molar-refractivity contribution in [2.24, 2.45) is 0 Å². The van der Waals surface area contributed by atoms with Gasteiger partial charge in [-0.2, -0.15) is 0 Å². The molecule has 0 atom stereocenters. The highest BCUT2D eigenvalue weighted by Crippen LogP contribution is 2.24. The van der Waals surface area contributed by atoms with Gasteiger partial charge in [0.25, 0.3) is 0 Å². The van der Waals surface area contributed by atoms with Gasteiger partial charge < -0.3 is 10.0 Å². The molecule has 0 aliphatic carbocycles. The summed E-state index contributed by atoms with van der Waals surface area (Å²) in [5.74, 6) is -0.221. The molecule has 0 unspecified atom stereocenters. The topological polar surface area (TPSA) is 23.5 Å². The molecule has 2 nitrogen and oxygen atoms in total. The number of rotatable bonds is 4. The summed E-state index contributed by atoms with van der Waals surface area (Å²) in [5.41, 5.74) is 2.94. The van der Waals surface area contributed by atoms with Crippen molar-refractivity contribution in [1.29, 1.82) is 0 Å². The average molecular weight is 324 g/mol. The molecule has 0 heterocycles. The van der Waals surface area contributed by atoms with Crippen LogP contribution >= 0.6 is 15.9 Å². The summed E-state index contributed by atoms with van der Waals surface area (Å²) in [5, 5.41) is 9.13. The van der Waals surface area contributed by atoms with Gasteiger partial charge >= 0.3 is 0 Å². The van der Waals surface area contributed by atoms with Crippen molar-refractivity contribution in [2.75, 3.05) is 11.9 Å². The van der Waals surface area contributed by atoms with E-state index >= 15 is 0 Å². The minimum atomic E-state index is -0.221. The van der Waals surface area contributed by atoms with Crippen LogP contribution in [0.5, 0.6) is 0 Å². The maximum absolute atomic E-state index is 12.8. The standard InChI is InChI=1S/C15H15BrFNO/c1-18(9-11-2-5-13(17)6-3-11)14-7-4-12(10-19)15(16)8-14/h2-8,19H,9-10H2,1H3. The first-order valence-electron chi connectivity index (χ1n) is 5.95. The zero-order valence-corrected chi connectivity index (χ0v) is 12.2. The molecule has 0 amide bonds. The summed E-state index contributed by atoms with van der Waals surface area (Å²) in [7, 11) is 1.98. The van der Waals surface area contributed by atoms with E-state index in [1.807, 2.05) is 25.2 Å². The van der Waals surface area contributed by atoms with Crippen molar-refractivity contribution in [1.82, 2.24) is 0 Å². The number of benzene rings is 2. The Morgan fingerprint density at radius 2 is 1.84 bits per heavy atom. The minimum absolute atomic E-state index is 0.0164. The molecule has 100 valence electrons. The number of halogens is 2. The number of hydrogen-bond donors (Lipinski definition) is 1. The van der Waals surface area contributed by atoms with E-state index < -0.39 is 0 Å². The second-order valence-corrected chi connectivity index (χ2v) is 5.27. The quantitative estimate of drug-likeness (QED) is 0.927. The van der Waals surface area contributed by atoms with Crippen LogP contribution in [-0.2, 0) is 13.2 Å². The monoisotopic (exact) mass is 323 g/mol. The zero-order chi connectivity index (χ0) is 13.8. The van der Waals surface area contributed by atoms with Gasteiger partial charge in [0.2, 0.25) is 0 Å². The summed E-state index contributed by atoms with van der Waals surface area (Å²) in [4.78, 5) is 2.07. The van der Waals surface area contributed by atoms with Gasteiger partial charge in [0.15, 0.2) is 0 Å². The molecule has 0 bridgehead atoms. The SMILES string of the molecule is CN(Cc1ccc(F)cc1)c1ccc(CO)c(Br)c1. The Morgan fingerprint density at radius 3 is 2.42 bits per heavy atom. The fourth-order valence-corrected chi connectivity index (χ4v) is 2.35. The van der Waals surface area contributed by atoms with E-state index in [-0.39, 0.29) is 12.4 Å². The molecule has 0 aliphatic rings. The molecule has 19 heavy (non-hydrogen) atoms. The first-order valence-corrected chi connectivity index (χ1v) is 6.74. The first-order chi connectivity index (χ1) is 9.10. The van der Waals surface area contributed by atoms with E-state index in [0.717, 1.165) is 21.3 Å². The van der Waals surface area contributed by atoms with Crippen molar-refractivity contribution >= 4 is 21.6 Å². The molecule has 2 aromatic carbocycles. The lowest BCUT2D eigenvalue weighted by Crippen LogP contribution is -2.16. The molecule has 0 aliphatic heterocycles. The Balaban J connectivity index is 2.13.